The molecular formula is C26H34N2O4Si. The summed E-state index contributed by atoms with van der Waals surface area (Å²) < 4.78 is 13.1. The van der Waals surface area contributed by atoms with Crippen LogP contribution in [0.2, 0.25) is 18.1 Å². The highest BCUT2D eigenvalue weighted by molar-refractivity contribution is 6.74. The van der Waals surface area contributed by atoms with E-state index in [2.05, 4.69) is 33.9 Å². The highest BCUT2D eigenvalue weighted by Crippen LogP contribution is 2.36. The monoisotopic (exact) mass is 466 g/mol. The molecule has 0 fully saturated rings. The summed E-state index contributed by atoms with van der Waals surface area (Å²) in [5.74, 6) is -0.431. The number of ether oxygens (including phenoxy) is 1. The Kier molecular flexibility index (Phi) is 7.44. The van der Waals surface area contributed by atoms with Crippen molar-refractivity contribution in [1.29, 1.82) is 0 Å². The highest BCUT2D eigenvalue weighted by Gasteiger charge is 2.37. The summed E-state index contributed by atoms with van der Waals surface area (Å²) in [6.45, 7) is 12.2. The third-order valence-electron chi connectivity index (χ3n) is 6.48. The lowest BCUT2D eigenvalue weighted by molar-refractivity contribution is -0.119. The molecule has 1 aromatic heterocycles. The molecule has 0 atom stereocenters. The molecule has 3 aromatic rings. The van der Waals surface area contributed by atoms with E-state index < -0.39 is 14.3 Å². The average Bonchev–Trinajstić information content (AvgIpc) is 3.18. The van der Waals surface area contributed by atoms with E-state index in [1.807, 2.05) is 53.2 Å². The molecule has 0 radical (unpaired) electrons. The SMILES string of the molecule is COC(=O)c1cccc2c1ccn2CC(=O)N(CCO[Si](C)(C)C(C)(C)C)c1ccccc1. The largest absolute Gasteiger partial charge is 0.465 e. The van der Waals surface area contributed by atoms with Crippen LogP contribution in [-0.2, 0) is 20.5 Å². The van der Waals surface area contributed by atoms with Crippen LogP contribution in [0.25, 0.3) is 10.9 Å². The van der Waals surface area contributed by atoms with Crippen LogP contribution < -0.4 is 4.90 Å². The number of amides is 1. The summed E-state index contributed by atoms with van der Waals surface area (Å²) in [4.78, 5) is 27.3. The number of esters is 1. The minimum Gasteiger partial charge on any atom is -0.465 e. The van der Waals surface area contributed by atoms with Crippen molar-refractivity contribution in [3.8, 4) is 0 Å². The Labute approximate surface area is 197 Å². The van der Waals surface area contributed by atoms with E-state index in [1.54, 1.807) is 17.0 Å². The summed E-state index contributed by atoms with van der Waals surface area (Å²) in [5.41, 5.74) is 2.15. The van der Waals surface area contributed by atoms with E-state index >= 15 is 0 Å². The maximum absolute atomic E-state index is 13.5. The minimum absolute atomic E-state index is 0.0407. The first-order valence-corrected chi connectivity index (χ1v) is 14.1. The van der Waals surface area contributed by atoms with Gasteiger partial charge in [-0.05, 0) is 48.5 Å². The van der Waals surface area contributed by atoms with E-state index in [9.17, 15) is 9.59 Å². The molecule has 0 saturated heterocycles. The van der Waals surface area contributed by atoms with Crippen molar-refractivity contribution in [2.75, 3.05) is 25.2 Å². The molecule has 3 rings (SSSR count). The van der Waals surface area contributed by atoms with Crippen molar-refractivity contribution in [2.45, 2.75) is 45.4 Å². The highest BCUT2D eigenvalue weighted by atomic mass is 28.4. The molecule has 0 aliphatic rings. The topological polar surface area (TPSA) is 60.8 Å². The lowest BCUT2D eigenvalue weighted by Crippen LogP contribution is -2.44. The van der Waals surface area contributed by atoms with Gasteiger partial charge in [-0.2, -0.15) is 0 Å². The number of para-hydroxylation sites is 1. The van der Waals surface area contributed by atoms with Crippen LogP contribution in [-0.4, -0.2) is 45.0 Å². The van der Waals surface area contributed by atoms with E-state index in [1.165, 1.54) is 7.11 Å². The number of carbonyl (C=O) groups is 2. The summed E-state index contributed by atoms with van der Waals surface area (Å²) in [7, 11) is -0.548. The quantitative estimate of drug-likeness (QED) is 0.326. The Balaban J connectivity index is 1.82. The van der Waals surface area contributed by atoms with Crippen molar-refractivity contribution in [1.82, 2.24) is 4.57 Å². The van der Waals surface area contributed by atoms with E-state index in [0.29, 0.717) is 18.7 Å². The predicted molar refractivity (Wildman–Crippen MR) is 135 cm³/mol. The summed E-state index contributed by atoms with van der Waals surface area (Å²) in [6.07, 6.45) is 1.84. The van der Waals surface area contributed by atoms with Gasteiger partial charge in [-0.25, -0.2) is 4.79 Å². The molecule has 0 saturated carbocycles. The van der Waals surface area contributed by atoms with Crippen LogP contribution in [0.1, 0.15) is 31.1 Å². The lowest BCUT2D eigenvalue weighted by Gasteiger charge is -2.37. The molecule has 0 aliphatic carbocycles. The number of anilines is 1. The summed E-state index contributed by atoms with van der Waals surface area (Å²) in [6, 6.07) is 17.0. The van der Waals surface area contributed by atoms with Crippen LogP contribution in [0, 0.1) is 0 Å². The predicted octanol–water partition coefficient (Wildman–Crippen LogP) is 5.48. The van der Waals surface area contributed by atoms with Crippen molar-refractivity contribution >= 4 is 36.8 Å². The summed E-state index contributed by atoms with van der Waals surface area (Å²) >= 11 is 0. The van der Waals surface area contributed by atoms with Crippen LogP contribution in [0.4, 0.5) is 5.69 Å². The van der Waals surface area contributed by atoms with Crippen molar-refractivity contribution in [3.63, 3.8) is 0 Å². The number of methoxy groups -OCH3 is 1. The zero-order valence-corrected chi connectivity index (χ0v) is 21.4. The molecule has 0 aliphatic heterocycles. The zero-order valence-electron chi connectivity index (χ0n) is 20.4. The number of rotatable bonds is 8. The van der Waals surface area contributed by atoms with Gasteiger partial charge in [-0.3, -0.25) is 4.79 Å². The molecule has 0 spiro atoms. The second kappa shape index (κ2) is 9.93. The number of hydrogen-bond donors (Lipinski definition) is 0. The first kappa shape index (κ1) is 24.7. The fourth-order valence-electron chi connectivity index (χ4n) is 3.49. The van der Waals surface area contributed by atoms with Gasteiger partial charge in [-0.15, -0.1) is 0 Å². The second-order valence-corrected chi connectivity index (χ2v) is 14.5. The normalized spacial score (nSPS) is 12.1. The zero-order chi connectivity index (χ0) is 24.2. The molecular weight excluding hydrogens is 432 g/mol. The average molecular weight is 467 g/mol. The Morgan fingerprint density at radius 1 is 1.00 bits per heavy atom. The Morgan fingerprint density at radius 2 is 1.70 bits per heavy atom. The van der Waals surface area contributed by atoms with E-state index in [-0.39, 0.29) is 17.5 Å². The molecule has 0 unspecified atom stereocenters. The number of carbonyl (C=O) groups excluding carboxylic acids is 2. The van der Waals surface area contributed by atoms with Crippen molar-refractivity contribution in [2.24, 2.45) is 0 Å². The van der Waals surface area contributed by atoms with Crippen LogP contribution in [0.5, 0.6) is 0 Å². The van der Waals surface area contributed by atoms with Gasteiger partial charge in [-0.1, -0.05) is 45.0 Å². The minimum atomic E-state index is -1.91. The third kappa shape index (κ3) is 5.54. The number of nitrogens with zero attached hydrogens (tertiary/aromatic N) is 2. The fourth-order valence-corrected chi connectivity index (χ4v) is 4.53. The van der Waals surface area contributed by atoms with Gasteiger partial charge < -0.3 is 18.6 Å². The number of aromatic nitrogens is 1. The lowest BCUT2D eigenvalue weighted by atomic mass is 10.1. The van der Waals surface area contributed by atoms with Gasteiger partial charge >= 0.3 is 5.97 Å². The molecule has 7 heteroatoms. The van der Waals surface area contributed by atoms with Gasteiger partial charge in [0, 0.05) is 29.3 Å². The molecule has 6 nitrogen and oxygen atoms in total. The van der Waals surface area contributed by atoms with E-state index in [0.717, 1.165) is 16.6 Å². The van der Waals surface area contributed by atoms with Gasteiger partial charge in [0.15, 0.2) is 8.32 Å². The van der Waals surface area contributed by atoms with Gasteiger partial charge in [0.1, 0.15) is 6.54 Å². The molecule has 2 aromatic carbocycles. The molecule has 176 valence electrons. The molecule has 1 amide bonds. The standard InChI is InChI=1S/C26H34N2O4Si/c1-26(2,3)33(5,6)32-18-17-28(20-11-8-7-9-12-20)24(29)19-27-16-15-21-22(25(30)31-4)13-10-14-23(21)27/h7-16H,17-19H2,1-6H3. The number of benzene rings is 2. The van der Waals surface area contributed by atoms with E-state index in [4.69, 9.17) is 9.16 Å². The van der Waals surface area contributed by atoms with Crippen LogP contribution >= 0.6 is 0 Å². The number of hydrogen-bond acceptors (Lipinski definition) is 4. The molecule has 1 heterocycles. The Hall–Kier alpha value is -2.90. The second-order valence-electron chi connectivity index (χ2n) is 9.66. The van der Waals surface area contributed by atoms with Crippen molar-refractivity contribution < 1.29 is 18.8 Å². The molecule has 33 heavy (non-hydrogen) atoms. The van der Waals surface area contributed by atoms with Gasteiger partial charge in [0.2, 0.25) is 5.91 Å². The maximum Gasteiger partial charge on any atom is 0.338 e. The maximum atomic E-state index is 13.5. The van der Waals surface area contributed by atoms with Crippen molar-refractivity contribution in [3.05, 3.63) is 66.4 Å². The third-order valence-corrected chi connectivity index (χ3v) is 11.0. The summed E-state index contributed by atoms with van der Waals surface area (Å²) in [5, 5.41) is 0.875. The first-order valence-electron chi connectivity index (χ1n) is 11.2. The molecule has 0 N–H and O–H groups in total. The number of fused-ring (bicyclic) bond motifs is 1. The molecule has 0 bridgehead atoms. The fraction of sp³-hybridized carbons (Fsp3) is 0.385. The van der Waals surface area contributed by atoms with Gasteiger partial charge in [0.25, 0.3) is 0 Å². The Morgan fingerprint density at radius 3 is 2.33 bits per heavy atom. The first-order chi connectivity index (χ1) is 15.5. The van der Waals surface area contributed by atoms with Gasteiger partial charge in [0.05, 0.1) is 19.3 Å². The van der Waals surface area contributed by atoms with Crippen LogP contribution in [0.15, 0.2) is 60.8 Å². The van der Waals surface area contributed by atoms with Crippen LogP contribution in [0.3, 0.4) is 0 Å². The Bertz CT molecular complexity index is 1120. The smallest absolute Gasteiger partial charge is 0.338 e.